The molecule has 3 rings (SSSR count). The molecule has 1 aliphatic heterocycles. The number of rotatable bonds is 6. The molecule has 0 bridgehead atoms. The second kappa shape index (κ2) is 7.43. The minimum Gasteiger partial charge on any atom is -0.463 e. The van der Waals surface area contributed by atoms with E-state index in [9.17, 15) is 18.8 Å². The van der Waals surface area contributed by atoms with Crippen molar-refractivity contribution in [3.8, 4) is 17.4 Å². The summed E-state index contributed by atoms with van der Waals surface area (Å²) in [5, 5.41) is 13.2. The zero-order valence-electron chi connectivity index (χ0n) is 13.0. The van der Waals surface area contributed by atoms with Crippen LogP contribution in [0.15, 0.2) is 18.2 Å². The third-order valence-electron chi connectivity index (χ3n) is 3.57. The Bertz CT molecular complexity index is 762. The molecule has 134 valence electrons. The van der Waals surface area contributed by atoms with Gasteiger partial charge in [-0.1, -0.05) is 9.94 Å². The van der Waals surface area contributed by atoms with Crippen LogP contribution in [0.2, 0.25) is 0 Å². The van der Waals surface area contributed by atoms with Crippen LogP contribution in [0.1, 0.15) is 6.42 Å². The highest BCUT2D eigenvalue weighted by Crippen LogP contribution is 2.22. The summed E-state index contributed by atoms with van der Waals surface area (Å²) >= 11 is 0. The first-order valence-corrected chi connectivity index (χ1v) is 7.51. The molecule has 2 aromatic rings. The Morgan fingerprint density at radius 3 is 3.00 bits per heavy atom. The molecule has 2 heterocycles. The molecule has 0 aliphatic carbocycles. The molecule has 10 heteroatoms. The molecule has 0 saturated carbocycles. The van der Waals surface area contributed by atoms with Crippen molar-refractivity contribution in [2.75, 3.05) is 26.4 Å². The van der Waals surface area contributed by atoms with E-state index in [0.29, 0.717) is 19.3 Å². The third kappa shape index (κ3) is 4.21. The van der Waals surface area contributed by atoms with E-state index >= 15 is 0 Å². The molecule has 1 fully saturated rings. The molecule has 1 aromatic carbocycles. The predicted octanol–water partition coefficient (Wildman–Crippen LogP) is 1.42. The summed E-state index contributed by atoms with van der Waals surface area (Å²) in [5.41, 5.74) is -0.171. The number of carbonyl (C=O) groups is 1. The Morgan fingerprint density at radius 2 is 2.28 bits per heavy atom. The molecule has 0 spiro atoms. The van der Waals surface area contributed by atoms with E-state index in [2.05, 4.69) is 10.1 Å². The van der Waals surface area contributed by atoms with Crippen molar-refractivity contribution in [1.29, 1.82) is 0 Å². The largest absolute Gasteiger partial charge is 0.463 e. The van der Waals surface area contributed by atoms with Crippen LogP contribution in [0, 0.1) is 17.6 Å². The number of esters is 1. The fourth-order valence-corrected chi connectivity index (χ4v) is 2.28. The Hall–Kier alpha value is -2.75. The van der Waals surface area contributed by atoms with Crippen LogP contribution < -0.4 is 4.74 Å². The van der Waals surface area contributed by atoms with Gasteiger partial charge in [-0.3, -0.25) is 0 Å². The average molecular weight is 355 g/mol. The summed E-state index contributed by atoms with van der Waals surface area (Å²) in [5.74, 6) is -2.43. The lowest BCUT2D eigenvalue weighted by molar-refractivity contribution is -0.147. The van der Waals surface area contributed by atoms with Crippen LogP contribution in [0.4, 0.5) is 8.78 Å². The van der Waals surface area contributed by atoms with Crippen molar-refractivity contribution in [2.24, 2.45) is 5.92 Å². The normalized spacial score (nSPS) is 16.8. The molecular formula is C15H15F2N3O5. The lowest BCUT2D eigenvalue weighted by Gasteiger charge is -2.08. The quantitative estimate of drug-likeness (QED) is 0.618. The summed E-state index contributed by atoms with van der Waals surface area (Å²) in [6, 6.07) is 2.41. The highest BCUT2D eigenvalue weighted by atomic mass is 19.1. The molecular weight excluding hydrogens is 340 g/mol. The van der Waals surface area contributed by atoms with Gasteiger partial charge >= 0.3 is 12.0 Å². The molecule has 1 aromatic heterocycles. The van der Waals surface area contributed by atoms with Gasteiger partial charge in [-0.2, -0.15) is 4.98 Å². The molecule has 0 amide bonds. The van der Waals surface area contributed by atoms with E-state index in [4.69, 9.17) is 14.2 Å². The Kier molecular flexibility index (Phi) is 5.08. The van der Waals surface area contributed by atoms with Crippen molar-refractivity contribution in [3.63, 3.8) is 0 Å². The number of ether oxygens (including phenoxy) is 3. The van der Waals surface area contributed by atoms with Gasteiger partial charge < -0.3 is 19.4 Å². The van der Waals surface area contributed by atoms with Gasteiger partial charge in [-0.05, 0) is 18.6 Å². The highest BCUT2D eigenvalue weighted by molar-refractivity contribution is 5.71. The summed E-state index contributed by atoms with van der Waals surface area (Å²) in [7, 11) is 0. The number of carbonyl (C=O) groups excluding carboxylic acids is 1. The maximum absolute atomic E-state index is 13.7. The van der Waals surface area contributed by atoms with E-state index in [1.165, 1.54) is 0 Å². The molecule has 1 saturated heterocycles. The Labute approximate surface area is 140 Å². The van der Waals surface area contributed by atoms with E-state index in [1.54, 1.807) is 0 Å². The highest BCUT2D eigenvalue weighted by Gasteiger charge is 2.20. The van der Waals surface area contributed by atoms with Gasteiger partial charge in [-0.25, -0.2) is 13.6 Å². The zero-order valence-corrected chi connectivity index (χ0v) is 13.0. The smallest absolute Gasteiger partial charge is 0.344 e. The molecule has 8 nitrogen and oxygen atoms in total. The molecule has 1 unspecified atom stereocenters. The van der Waals surface area contributed by atoms with E-state index in [-0.39, 0.29) is 34.8 Å². The van der Waals surface area contributed by atoms with E-state index < -0.39 is 24.2 Å². The fraction of sp³-hybridized carbons (Fsp3) is 0.400. The molecule has 0 radical (unpaired) electrons. The monoisotopic (exact) mass is 355 g/mol. The van der Waals surface area contributed by atoms with Crippen LogP contribution in [-0.4, -0.2) is 52.5 Å². The zero-order chi connectivity index (χ0) is 17.8. The first-order chi connectivity index (χ1) is 12.0. The third-order valence-corrected chi connectivity index (χ3v) is 3.57. The summed E-state index contributed by atoms with van der Waals surface area (Å²) in [6.45, 7) is 0.968. The van der Waals surface area contributed by atoms with Gasteiger partial charge in [0.25, 0.3) is 0 Å². The van der Waals surface area contributed by atoms with Crippen molar-refractivity contribution in [1.82, 2.24) is 14.9 Å². The SMILES string of the molecule is O=C(COc1nc(-c2ccc(F)cc2F)n(O)n1)OCC1CCOC1. The van der Waals surface area contributed by atoms with Crippen LogP contribution in [0.5, 0.6) is 6.01 Å². The van der Waals surface area contributed by atoms with Gasteiger partial charge in [0.2, 0.25) is 5.82 Å². The number of nitrogens with zero attached hydrogens (tertiary/aromatic N) is 3. The first kappa shape index (κ1) is 17.1. The molecule has 1 N–H and O–H groups in total. The Balaban J connectivity index is 1.57. The topological polar surface area (TPSA) is 95.7 Å². The van der Waals surface area contributed by atoms with Gasteiger partial charge in [0, 0.05) is 18.6 Å². The van der Waals surface area contributed by atoms with E-state index in [0.717, 1.165) is 18.6 Å². The number of halogens is 2. The van der Waals surface area contributed by atoms with Crippen LogP contribution in [0.3, 0.4) is 0 Å². The van der Waals surface area contributed by atoms with Crippen LogP contribution in [-0.2, 0) is 14.3 Å². The summed E-state index contributed by atoms with van der Waals surface area (Å²) in [4.78, 5) is 15.7. The summed E-state index contributed by atoms with van der Waals surface area (Å²) < 4.78 is 41.9. The van der Waals surface area contributed by atoms with Crippen LogP contribution in [0.25, 0.3) is 11.4 Å². The lowest BCUT2D eigenvalue weighted by atomic mass is 10.1. The maximum atomic E-state index is 13.7. The second-order valence-corrected chi connectivity index (χ2v) is 5.43. The number of hydrogen-bond acceptors (Lipinski definition) is 7. The van der Waals surface area contributed by atoms with Gasteiger partial charge in [0.05, 0.1) is 18.8 Å². The number of aromatic nitrogens is 3. The van der Waals surface area contributed by atoms with Crippen molar-refractivity contribution >= 4 is 5.97 Å². The lowest BCUT2D eigenvalue weighted by Crippen LogP contribution is -2.19. The fourth-order valence-electron chi connectivity index (χ4n) is 2.28. The minimum atomic E-state index is -0.924. The number of benzene rings is 1. The van der Waals surface area contributed by atoms with Crippen molar-refractivity contribution in [3.05, 3.63) is 29.8 Å². The average Bonchev–Trinajstić information content (AvgIpc) is 3.21. The standard InChI is InChI=1S/C15H15F2N3O5/c16-10-1-2-11(12(17)5-10)14-18-15(19-20(14)22)25-8-13(21)24-7-9-3-4-23-6-9/h1-2,5,9,22H,3-4,6-8H2. The predicted molar refractivity (Wildman–Crippen MR) is 77.9 cm³/mol. The number of hydrogen-bond donors (Lipinski definition) is 1. The molecule has 1 atom stereocenters. The van der Waals surface area contributed by atoms with Crippen molar-refractivity contribution in [2.45, 2.75) is 6.42 Å². The Morgan fingerprint density at radius 1 is 1.44 bits per heavy atom. The second-order valence-electron chi connectivity index (χ2n) is 5.43. The molecule has 25 heavy (non-hydrogen) atoms. The minimum absolute atomic E-state index is 0.171. The van der Waals surface area contributed by atoms with E-state index in [1.807, 2.05) is 0 Å². The summed E-state index contributed by atoms with van der Waals surface area (Å²) in [6.07, 6.45) is 0.831. The van der Waals surface area contributed by atoms with Gasteiger partial charge in [-0.15, -0.1) is 0 Å². The van der Waals surface area contributed by atoms with Gasteiger partial charge in [0.1, 0.15) is 11.6 Å². The first-order valence-electron chi connectivity index (χ1n) is 7.51. The molecule has 1 aliphatic rings. The van der Waals surface area contributed by atoms with Gasteiger partial charge in [0.15, 0.2) is 6.61 Å². The van der Waals surface area contributed by atoms with Crippen molar-refractivity contribution < 1.29 is 33.0 Å². The van der Waals surface area contributed by atoms with Crippen LogP contribution >= 0.6 is 0 Å². The maximum Gasteiger partial charge on any atom is 0.344 e.